The number of hydrogen-bond acceptors (Lipinski definition) is 4. The van der Waals surface area contributed by atoms with E-state index in [9.17, 15) is 0 Å². The zero-order valence-electron chi connectivity index (χ0n) is 32.4. The fraction of sp³-hybridized carbons (Fsp3) is 0.0755. The highest BCUT2D eigenvalue weighted by molar-refractivity contribution is 6.02. The molecule has 0 radical (unpaired) electrons. The van der Waals surface area contributed by atoms with Crippen LogP contribution in [0.25, 0.3) is 34.0 Å². The molecule has 1 aliphatic carbocycles. The van der Waals surface area contributed by atoms with E-state index in [4.69, 9.17) is 4.99 Å². The summed E-state index contributed by atoms with van der Waals surface area (Å²) >= 11 is 0. The quantitative estimate of drug-likeness (QED) is 0.114. The zero-order chi connectivity index (χ0) is 39.5. The lowest BCUT2D eigenvalue weighted by Gasteiger charge is -2.26. The number of benzene rings is 6. The Kier molecular flexibility index (Phi) is 11.7. The summed E-state index contributed by atoms with van der Waals surface area (Å²) in [6, 6.07) is 53.0. The zero-order valence-corrected chi connectivity index (χ0v) is 32.4. The third-order valence-electron chi connectivity index (χ3n) is 10.3. The SMILES string of the molecule is C=NC(=NCc1cc(C2=CC=C3C=CC=CC3N2)cc(-c2ccccc2)c1)c1cc(-c2ccccc2)cc(C2C=Cc3ccccc3N2)c1.C=NCc1ccccc1. The molecule has 9 rings (SSSR count). The number of para-hydroxylation sites is 1. The van der Waals surface area contributed by atoms with E-state index in [-0.39, 0.29) is 12.1 Å². The predicted molar refractivity (Wildman–Crippen MR) is 246 cm³/mol. The maximum atomic E-state index is 5.10. The molecule has 0 bridgehead atoms. The number of fused-ring (bicyclic) bond motifs is 2. The molecule has 0 spiro atoms. The first-order chi connectivity index (χ1) is 28.6. The minimum absolute atomic E-state index is 0.00817. The molecule has 2 atom stereocenters. The molecule has 6 aromatic carbocycles. The molecule has 0 fully saturated rings. The van der Waals surface area contributed by atoms with E-state index in [2.05, 4.69) is 198 Å². The second-order valence-corrected chi connectivity index (χ2v) is 14.3. The highest BCUT2D eigenvalue weighted by atomic mass is 14.9. The molecule has 2 heterocycles. The number of dihydropyridines is 1. The van der Waals surface area contributed by atoms with Gasteiger partial charge in [-0.25, -0.2) is 4.99 Å². The van der Waals surface area contributed by atoms with Crippen LogP contribution in [0.15, 0.2) is 215 Å². The Morgan fingerprint density at radius 1 is 0.534 bits per heavy atom. The molecule has 5 nitrogen and oxygen atoms in total. The van der Waals surface area contributed by atoms with Crippen LogP contribution in [0.2, 0.25) is 0 Å². The molecular weight excluding hydrogens is 707 g/mol. The fourth-order valence-corrected chi connectivity index (χ4v) is 7.41. The molecule has 6 aromatic rings. The summed E-state index contributed by atoms with van der Waals surface area (Å²) in [5, 5.41) is 7.44. The molecular formula is C53H45N5. The van der Waals surface area contributed by atoms with Gasteiger partial charge in [0.25, 0.3) is 0 Å². The minimum atomic E-state index is 0.00817. The highest BCUT2D eigenvalue weighted by Crippen LogP contribution is 2.34. The van der Waals surface area contributed by atoms with E-state index in [1.54, 1.807) is 0 Å². The summed E-state index contributed by atoms with van der Waals surface area (Å²) in [4.78, 5) is 13.3. The van der Waals surface area contributed by atoms with E-state index in [1.807, 2.05) is 36.4 Å². The third kappa shape index (κ3) is 9.01. The number of allylic oxidation sites excluding steroid dienone is 4. The van der Waals surface area contributed by atoms with E-state index >= 15 is 0 Å². The molecule has 0 aromatic heterocycles. The van der Waals surface area contributed by atoms with Crippen LogP contribution in [0, 0.1) is 0 Å². The van der Waals surface area contributed by atoms with Crippen molar-refractivity contribution in [3.63, 3.8) is 0 Å². The first kappa shape index (κ1) is 37.5. The normalized spacial score (nSPS) is 16.2. The predicted octanol–water partition coefficient (Wildman–Crippen LogP) is 12.1. The molecule has 58 heavy (non-hydrogen) atoms. The van der Waals surface area contributed by atoms with Gasteiger partial charge in [-0.2, -0.15) is 0 Å². The van der Waals surface area contributed by atoms with E-state index < -0.39 is 0 Å². The van der Waals surface area contributed by atoms with Gasteiger partial charge in [0.1, 0.15) is 0 Å². The fourth-order valence-electron chi connectivity index (χ4n) is 7.41. The second-order valence-electron chi connectivity index (χ2n) is 14.3. The third-order valence-corrected chi connectivity index (χ3v) is 10.3. The van der Waals surface area contributed by atoms with Gasteiger partial charge >= 0.3 is 0 Å². The van der Waals surface area contributed by atoms with E-state index in [0.29, 0.717) is 12.4 Å². The van der Waals surface area contributed by atoms with Crippen LogP contribution in [0.5, 0.6) is 0 Å². The standard InChI is InChI=1S/C45H36N4.C8H9N/c1-46-45(40-28-37(33-14-6-3-7-15-33)27-39(29-40)44-23-21-35-17-9-11-19-42(35)49-44)47-30-31-24-36(32-12-4-2-5-13-32)26-38(25-31)43-22-20-34-16-8-10-18-41(34)48-43;1-9-7-8-5-3-2-4-6-8/h2-29,41,44,48-49H,1,30H2;2-6H,1,7H2. The monoisotopic (exact) mass is 751 g/mol. The van der Waals surface area contributed by atoms with Crippen molar-refractivity contribution in [3.8, 4) is 22.3 Å². The molecule has 2 N–H and O–H groups in total. The Balaban J connectivity index is 0.000000463. The van der Waals surface area contributed by atoms with Crippen molar-refractivity contribution in [1.82, 2.24) is 5.32 Å². The molecule has 282 valence electrons. The molecule has 2 unspecified atom stereocenters. The number of rotatable bonds is 9. The first-order valence-electron chi connectivity index (χ1n) is 19.6. The lowest BCUT2D eigenvalue weighted by atomic mass is 9.93. The Bertz CT molecular complexity index is 2590. The number of nitrogens with zero attached hydrogens (tertiary/aromatic N) is 3. The number of aliphatic imine (C=N–C) groups is 3. The highest BCUT2D eigenvalue weighted by Gasteiger charge is 2.19. The smallest absolute Gasteiger partial charge is 0.154 e. The summed E-state index contributed by atoms with van der Waals surface area (Å²) in [7, 11) is 0. The van der Waals surface area contributed by atoms with Crippen molar-refractivity contribution >= 4 is 36.7 Å². The Labute approximate surface area is 341 Å². The van der Waals surface area contributed by atoms with Crippen LogP contribution in [0.1, 0.15) is 39.4 Å². The van der Waals surface area contributed by atoms with E-state index in [0.717, 1.165) is 56.9 Å². The van der Waals surface area contributed by atoms with Gasteiger partial charge < -0.3 is 10.6 Å². The number of hydrogen-bond donors (Lipinski definition) is 2. The topological polar surface area (TPSA) is 61.1 Å². The average Bonchev–Trinajstić information content (AvgIpc) is 3.30. The van der Waals surface area contributed by atoms with Crippen molar-refractivity contribution < 1.29 is 0 Å². The molecule has 0 saturated carbocycles. The van der Waals surface area contributed by atoms with Gasteiger partial charge in [0, 0.05) is 16.9 Å². The summed E-state index contributed by atoms with van der Waals surface area (Å²) < 4.78 is 0. The second kappa shape index (κ2) is 18.1. The number of amidine groups is 1. The molecule has 3 aliphatic rings. The van der Waals surface area contributed by atoms with Crippen molar-refractivity contribution in [2.75, 3.05) is 5.32 Å². The minimum Gasteiger partial charge on any atom is -0.374 e. The summed E-state index contributed by atoms with van der Waals surface area (Å²) in [6.07, 6.45) is 17.3. The van der Waals surface area contributed by atoms with Crippen LogP contribution in [0.3, 0.4) is 0 Å². The Hall–Kier alpha value is -7.37. The summed E-state index contributed by atoms with van der Waals surface area (Å²) in [5.74, 6) is 0.618. The first-order valence-corrected chi connectivity index (χ1v) is 19.6. The van der Waals surface area contributed by atoms with Crippen molar-refractivity contribution in [2.45, 2.75) is 25.2 Å². The van der Waals surface area contributed by atoms with Gasteiger partial charge in [-0.15, -0.1) is 0 Å². The molecule has 0 saturated heterocycles. The molecule has 2 aliphatic heterocycles. The average molecular weight is 752 g/mol. The van der Waals surface area contributed by atoms with Gasteiger partial charge in [0.05, 0.1) is 25.2 Å². The van der Waals surface area contributed by atoms with Crippen molar-refractivity contribution in [3.05, 3.63) is 233 Å². The van der Waals surface area contributed by atoms with Gasteiger partial charge in [-0.05, 0) is 118 Å². The largest absolute Gasteiger partial charge is 0.374 e. The van der Waals surface area contributed by atoms with Gasteiger partial charge in [-0.1, -0.05) is 152 Å². The van der Waals surface area contributed by atoms with Crippen LogP contribution >= 0.6 is 0 Å². The summed E-state index contributed by atoms with van der Waals surface area (Å²) in [5.41, 5.74) is 14.7. The van der Waals surface area contributed by atoms with Gasteiger partial charge in [0.2, 0.25) is 0 Å². The number of anilines is 1. The number of nitrogens with one attached hydrogen (secondary N) is 2. The van der Waals surface area contributed by atoms with Crippen LogP contribution in [-0.2, 0) is 13.1 Å². The van der Waals surface area contributed by atoms with Gasteiger partial charge in [-0.3, -0.25) is 9.98 Å². The maximum Gasteiger partial charge on any atom is 0.154 e. The van der Waals surface area contributed by atoms with Gasteiger partial charge in [0.15, 0.2) is 5.84 Å². The Morgan fingerprint density at radius 2 is 1.22 bits per heavy atom. The van der Waals surface area contributed by atoms with E-state index in [1.165, 1.54) is 22.3 Å². The Morgan fingerprint density at radius 3 is 1.97 bits per heavy atom. The lowest BCUT2D eigenvalue weighted by molar-refractivity contribution is 0.813. The van der Waals surface area contributed by atoms with Crippen LogP contribution < -0.4 is 10.6 Å². The lowest BCUT2D eigenvalue weighted by Crippen LogP contribution is -2.30. The van der Waals surface area contributed by atoms with Crippen molar-refractivity contribution in [2.24, 2.45) is 15.0 Å². The van der Waals surface area contributed by atoms with Crippen molar-refractivity contribution in [1.29, 1.82) is 0 Å². The molecule has 5 heteroatoms. The van der Waals surface area contributed by atoms with Crippen LogP contribution in [0.4, 0.5) is 5.69 Å². The maximum absolute atomic E-state index is 5.10. The summed E-state index contributed by atoms with van der Waals surface area (Å²) in [6.45, 7) is 8.56. The van der Waals surface area contributed by atoms with Crippen LogP contribution in [-0.4, -0.2) is 25.3 Å². The molecule has 0 amide bonds.